The molecule has 0 aliphatic carbocycles. The van der Waals surface area contributed by atoms with Crippen LogP contribution in [0.3, 0.4) is 0 Å². The van der Waals surface area contributed by atoms with Gasteiger partial charge in [0.15, 0.2) is 5.82 Å². The van der Waals surface area contributed by atoms with Crippen molar-refractivity contribution in [2.45, 2.75) is 25.8 Å². The summed E-state index contributed by atoms with van der Waals surface area (Å²) in [7, 11) is 0. The van der Waals surface area contributed by atoms with E-state index in [9.17, 15) is 4.79 Å². The number of ether oxygens (including phenoxy) is 1. The fourth-order valence-electron chi connectivity index (χ4n) is 3.38. The number of hydrogen-bond acceptors (Lipinski definition) is 6. The van der Waals surface area contributed by atoms with E-state index in [-0.39, 0.29) is 12.1 Å². The molecule has 1 amide bonds. The van der Waals surface area contributed by atoms with Crippen molar-refractivity contribution in [3.05, 3.63) is 24.2 Å². The van der Waals surface area contributed by atoms with Gasteiger partial charge in [0.25, 0.3) is 0 Å². The molecule has 4 heterocycles. The zero-order chi connectivity index (χ0) is 15.8. The van der Waals surface area contributed by atoms with Crippen molar-refractivity contribution in [1.29, 1.82) is 0 Å². The first-order valence-corrected chi connectivity index (χ1v) is 7.99. The molecule has 2 saturated heterocycles. The lowest BCUT2D eigenvalue weighted by atomic mass is 10.0. The lowest BCUT2D eigenvalue weighted by Gasteiger charge is -2.36. The molecule has 23 heavy (non-hydrogen) atoms. The summed E-state index contributed by atoms with van der Waals surface area (Å²) in [6.45, 7) is 4.91. The van der Waals surface area contributed by atoms with Gasteiger partial charge in [-0.3, -0.25) is 0 Å². The number of carbonyl (C=O) groups excluding carboxylic acids is 1. The molecule has 2 aromatic heterocycles. The molecule has 0 aromatic carbocycles. The second kappa shape index (κ2) is 5.64. The molecular weight excluding hydrogens is 294 g/mol. The van der Waals surface area contributed by atoms with E-state index in [4.69, 9.17) is 4.74 Å². The number of anilines is 1. The van der Waals surface area contributed by atoms with Crippen LogP contribution < -0.4 is 4.90 Å². The third-order valence-corrected chi connectivity index (χ3v) is 4.60. The van der Waals surface area contributed by atoms with Crippen molar-refractivity contribution in [3.8, 4) is 0 Å². The predicted octanol–water partition coefficient (Wildman–Crippen LogP) is 1.75. The van der Waals surface area contributed by atoms with E-state index in [0.29, 0.717) is 13.2 Å². The summed E-state index contributed by atoms with van der Waals surface area (Å²) in [5, 5.41) is 0. The van der Waals surface area contributed by atoms with E-state index in [0.717, 1.165) is 48.5 Å². The van der Waals surface area contributed by atoms with Gasteiger partial charge in [-0.15, -0.1) is 0 Å². The summed E-state index contributed by atoms with van der Waals surface area (Å²) in [6.07, 6.45) is 3.27. The maximum Gasteiger partial charge on any atom is 0.410 e. The van der Waals surface area contributed by atoms with E-state index in [1.54, 1.807) is 6.33 Å². The molecule has 7 nitrogen and oxygen atoms in total. The molecule has 0 saturated carbocycles. The van der Waals surface area contributed by atoms with Crippen LogP contribution in [0.4, 0.5) is 10.6 Å². The Morgan fingerprint density at radius 3 is 2.74 bits per heavy atom. The first kappa shape index (κ1) is 14.2. The highest BCUT2D eigenvalue weighted by atomic mass is 16.6. The van der Waals surface area contributed by atoms with Gasteiger partial charge in [0.2, 0.25) is 0 Å². The van der Waals surface area contributed by atoms with Crippen LogP contribution >= 0.6 is 0 Å². The van der Waals surface area contributed by atoms with Gasteiger partial charge in [0.05, 0.1) is 12.1 Å². The summed E-state index contributed by atoms with van der Waals surface area (Å²) < 4.78 is 5.04. The highest BCUT2D eigenvalue weighted by molar-refractivity contribution is 5.85. The number of piperidine rings is 1. The average molecular weight is 313 g/mol. The summed E-state index contributed by atoms with van der Waals surface area (Å²) in [5.74, 6) is 0.890. The van der Waals surface area contributed by atoms with Crippen molar-refractivity contribution >= 4 is 22.9 Å². The Hall–Kier alpha value is -2.44. The first-order chi connectivity index (χ1) is 11.2. The Bertz CT molecular complexity index is 742. The topological polar surface area (TPSA) is 71.5 Å². The van der Waals surface area contributed by atoms with Crippen molar-refractivity contribution in [1.82, 2.24) is 19.9 Å². The van der Waals surface area contributed by atoms with Crippen molar-refractivity contribution < 1.29 is 9.53 Å². The van der Waals surface area contributed by atoms with E-state index >= 15 is 0 Å². The number of cyclic esters (lactones) is 1. The number of rotatable bonds is 2. The summed E-state index contributed by atoms with van der Waals surface area (Å²) in [5.41, 5.74) is 2.68. The van der Waals surface area contributed by atoms with Crippen molar-refractivity contribution in [2.75, 3.05) is 31.1 Å². The van der Waals surface area contributed by atoms with E-state index < -0.39 is 0 Å². The standard InChI is InChI=1S/C16H19N5O2/c1-11-2-3-13-14(19-11)15(18-10-17-13)20-6-4-12(5-7-20)21-8-9-23-16(21)22/h2-3,10,12H,4-9H2,1H3. The Balaban J connectivity index is 1.54. The number of aryl methyl sites for hydroxylation is 1. The lowest BCUT2D eigenvalue weighted by molar-refractivity contribution is 0.142. The highest BCUT2D eigenvalue weighted by Crippen LogP contribution is 2.26. The second-order valence-electron chi connectivity index (χ2n) is 6.04. The maximum absolute atomic E-state index is 11.7. The number of aromatic nitrogens is 3. The molecule has 0 bridgehead atoms. The monoisotopic (exact) mass is 313 g/mol. The van der Waals surface area contributed by atoms with E-state index in [2.05, 4.69) is 19.9 Å². The van der Waals surface area contributed by atoms with Crippen LogP contribution in [0.25, 0.3) is 11.0 Å². The number of nitrogens with zero attached hydrogens (tertiary/aromatic N) is 5. The molecule has 0 radical (unpaired) electrons. The molecule has 0 unspecified atom stereocenters. The molecule has 2 aliphatic heterocycles. The van der Waals surface area contributed by atoms with E-state index in [1.807, 2.05) is 24.0 Å². The van der Waals surface area contributed by atoms with E-state index in [1.165, 1.54) is 0 Å². The fraction of sp³-hybridized carbons (Fsp3) is 0.500. The third kappa shape index (κ3) is 2.56. The van der Waals surface area contributed by atoms with Gasteiger partial charge in [0, 0.05) is 24.8 Å². The fourth-order valence-corrected chi connectivity index (χ4v) is 3.38. The molecule has 7 heteroatoms. The molecule has 0 atom stereocenters. The van der Waals surface area contributed by atoms with Crippen LogP contribution in [0.2, 0.25) is 0 Å². The third-order valence-electron chi connectivity index (χ3n) is 4.60. The Morgan fingerprint density at radius 1 is 1.17 bits per heavy atom. The van der Waals surface area contributed by atoms with Crippen LogP contribution in [0.15, 0.2) is 18.5 Å². The Kier molecular flexibility index (Phi) is 3.48. The van der Waals surface area contributed by atoms with Gasteiger partial charge in [0.1, 0.15) is 18.5 Å². The minimum Gasteiger partial charge on any atom is -0.448 e. The van der Waals surface area contributed by atoms with Gasteiger partial charge >= 0.3 is 6.09 Å². The zero-order valence-corrected chi connectivity index (χ0v) is 13.1. The number of carbonyl (C=O) groups is 1. The van der Waals surface area contributed by atoms with Crippen LogP contribution in [-0.2, 0) is 4.74 Å². The van der Waals surface area contributed by atoms with Gasteiger partial charge in [-0.05, 0) is 31.9 Å². The normalized spacial score (nSPS) is 19.4. The predicted molar refractivity (Wildman–Crippen MR) is 85.4 cm³/mol. The molecule has 2 fully saturated rings. The average Bonchev–Trinajstić information content (AvgIpc) is 3.00. The summed E-state index contributed by atoms with van der Waals surface area (Å²) >= 11 is 0. The van der Waals surface area contributed by atoms with Crippen LogP contribution in [0, 0.1) is 6.92 Å². The number of hydrogen-bond donors (Lipinski definition) is 0. The van der Waals surface area contributed by atoms with Gasteiger partial charge in [-0.25, -0.2) is 19.7 Å². The van der Waals surface area contributed by atoms with Crippen LogP contribution in [0.1, 0.15) is 18.5 Å². The van der Waals surface area contributed by atoms with Crippen LogP contribution in [0.5, 0.6) is 0 Å². The molecule has 4 rings (SSSR count). The van der Waals surface area contributed by atoms with Gasteiger partial charge < -0.3 is 14.5 Å². The lowest BCUT2D eigenvalue weighted by Crippen LogP contribution is -2.45. The smallest absolute Gasteiger partial charge is 0.410 e. The Labute approximate surface area is 134 Å². The molecule has 0 spiro atoms. The van der Waals surface area contributed by atoms with Gasteiger partial charge in [-0.1, -0.05) is 0 Å². The SMILES string of the molecule is Cc1ccc2ncnc(N3CCC(N4CCOC4=O)CC3)c2n1. The van der Waals surface area contributed by atoms with Crippen LogP contribution in [-0.4, -0.2) is 58.2 Å². The summed E-state index contributed by atoms with van der Waals surface area (Å²) in [6, 6.07) is 4.21. The minimum absolute atomic E-state index is 0.173. The number of pyridine rings is 1. The maximum atomic E-state index is 11.7. The highest BCUT2D eigenvalue weighted by Gasteiger charge is 2.32. The molecular formula is C16H19N5O2. The quantitative estimate of drug-likeness (QED) is 0.841. The van der Waals surface area contributed by atoms with Crippen molar-refractivity contribution in [3.63, 3.8) is 0 Å². The molecule has 120 valence electrons. The molecule has 2 aromatic rings. The largest absolute Gasteiger partial charge is 0.448 e. The number of amides is 1. The Morgan fingerprint density at radius 2 is 2.00 bits per heavy atom. The number of fused-ring (bicyclic) bond motifs is 1. The first-order valence-electron chi connectivity index (χ1n) is 7.99. The van der Waals surface area contributed by atoms with Crippen molar-refractivity contribution in [2.24, 2.45) is 0 Å². The molecule has 0 N–H and O–H groups in total. The zero-order valence-electron chi connectivity index (χ0n) is 13.1. The second-order valence-corrected chi connectivity index (χ2v) is 6.04. The van der Waals surface area contributed by atoms with Gasteiger partial charge in [-0.2, -0.15) is 0 Å². The minimum atomic E-state index is -0.173. The summed E-state index contributed by atoms with van der Waals surface area (Å²) in [4.78, 5) is 29.2. The molecule has 2 aliphatic rings.